The Morgan fingerprint density at radius 1 is 1.56 bits per heavy atom. The van der Waals surface area contributed by atoms with Crippen LogP contribution in [0.2, 0.25) is 0 Å². The van der Waals surface area contributed by atoms with Crippen molar-refractivity contribution in [2.45, 2.75) is 0 Å². The van der Waals surface area contributed by atoms with Gasteiger partial charge in [-0.15, -0.1) is 0 Å². The number of hydrogen-bond donors (Lipinski definition) is 1. The lowest BCUT2D eigenvalue weighted by Gasteiger charge is -2.12. The fourth-order valence-corrected chi connectivity index (χ4v) is 1.24. The molecule has 0 bridgehead atoms. The largest absolute Gasteiger partial charge is 0.464 e. The van der Waals surface area contributed by atoms with Crippen molar-refractivity contribution in [3.8, 4) is 11.3 Å². The Hall–Kier alpha value is -2.37. The first kappa shape index (κ1) is 10.2. The smallest absolute Gasteiger partial charge is 0.426 e. The first-order valence-corrected chi connectivity index (χ1v) is 4.60. The number of amides is 1. The van der Waals surface area contributed by atoms with E-state index in [1.54, 1.807) is 24.7 Å². The fraction of sp³-hybridized carbons (Fsp3) is 0.100. The number of nitrogens with zero attached hydrogens (tertiary/aromatic N) is 4. The molecular weight excluding hydrogens is 208 g/mol. The summed E-state index contributed by atoms with van der Waals surface area (Å²) in [4.78, 5) is 18.8. The van der Waals surface area contributed by atoms with Crippen LogP contribution in [-0.2, 0) is 0 Å². The number of carbonyl (C=O) groups is 1. The molecule has 2 rings (SSSR count). The van der Waals surface area contributed by atoms with Crippen molar-refractivity contribution in [1.29, 1.82) is 0 Å². The van der Waals surface area contributed by atoms with E-state index in [-0.39, 0.29) is 0 Å². The normalized spacial score (nSPS) is 10.1. The van der Waals surface area contributed by atoms with E-state index in [4.69, 9.17) is 5.11 Å². The maximum atomic E-state index is 10.7. The zero-order valence-electron chi connectivity index (χ0n) is 8.61. The van der Waals surface area contributed by atoms with Crippen LogP contribution in [0.15, 0.2) is 37.1 Å². The summed E-state index contributed by atoms with van der Waals surface area (Å²) in [6.45, 7) is 0. The molecule has 0 aliphatic rings. The van der Waals surface area contributed by atoms with Gasteiger partial charge in [0.25, 0.3) is 0 Å². The lowest BCUT2D eigenvalue weighted by atomic mass is 10.2. The molecule has 0 radical (unpaired) electrons. The molecule has 1 amide bonds. The quantitative estimate of drug-likeness (QED) is 0.821. The zero-order chi connectivity index (χ0) is 11.5. The highest BCUT2D eigenvalue weighted by Crippen LogP contribution is 2.14. The van der Waals surface area contributed by atoms with Gasteiger partial charge >= 0.3 is 6.09 Å². The van der Waals surface area contributed by atoms with Crippen LogP contribution < -0.4 is 5.01 Å². The molecule has 0 saturated heterocycles. The van der Waals surface area contributed by atoms with Crippen LogP contribution in [0.3, 0.4) is 0 Å². The van der Waals surface area contributed by atoms with Crippen LogP contribution in [-0.4, -0.2) is 32.9 Å². The van der Waals surface area contributed by atoms with Gasteiger partial charge in [0.05, 0.1) is 11.9 Å². The lowest BCUT2D eigenvalue weighted by Crippen LogP contribution is -2.33. The summed E-state index contributed by atoms with van der Waals surface area (Å²) in [5.41, 5.74) is 1.53. The van der Waals surface area contributed by atoms with E-state index in [0.29, 0.717) is 5.69 Å². The number of aromatic nitrogens is 3. The summed E-state index contributed by atoms with van der Waals surface area (Å²) >= 11 is 0. The molecule has 2 aromatic heterocycles. The van der Waals surface area contributed by atoms with Crippen molar-refractivity contribution in [1.82, 2.24) is 14.6 Å². The fourth-order valence-electron chi connectivity index (χ4n) is 1.24. The first-order valence-electron chi connectivity index (χ1n) is 4.60. The second-order valence-electron chi connectivity index (χ2n) is 3.19. The minimum atomic E-state index is -1.05. The summed E-state index contributed by atoms with van der Waals surface area (Å²) in [7, 11) is 1.44. The second-order valence-corrected chi connectivity index (χ2v) is 3.19. The standard InChI is InChI=1S/C10H10N4O2/c1-13(10(15)16)14-6-9(12-7-14)8-3-2-4-11-5-8/h2-7H,1H3,(H,15,16). The summed E-state index contributed by atoms with van der Waals surface area (Å²) in [6.07, 6.45) is 5.37. The zero-order valence-corrected chi connectivity index (χ0v) is 8.61. The molecule has 82 valence electrons. The predicted molar refractivity (Wildman–Crippen MR) is 57.6 cm³/mol. The Kier molecular flexibility index (Phi) is 2.55. The van der Waals surface area contributed by atoms with Gasteiger partial charge in [0.1, 0.15) is 6.33 Å². The van der Waals surface area contributed by atoms with Gasteiger partial charge in [0, 0.05) is 25.0 Å². The minimum absolute atomic E-state index is 0.682. The van der Waals surface area contributed by atoms with Gasteiger partial charge in [-0.3, -0.25) is 4.98 Å². The number of carboxylic acid groups (broad SMARTS) is 1. The van der Waals surface area contributed by atoms with Crippen LogP contribution in [0.1, 0.15) is 0 Å². The Labute approximate surface area is 91.8 Å². The molecule has 0 aromatic carbocycles. The molecule has 0 aliphatic heterocycles. The van der Waals surface area contributed by atoms with Gasteiger partial charge in [-0.1, -0.05) is 0 Å². The average molecular weight is 218 g/mol. The molecule has 16 heavy (non-hydrogen) atoms. The average Bonchev–Trinajstić information content (AvgIpc) is 2.78. The van der Waals surface area contributed by atoms with Crippen molar-refractivity contribution in [2.75, 3.05) is 12.1 Å². The number of rotatable bonds is 2. The number of imidazole rings is 1. The SMILES string of the molecule is CN(C(=O)O)n1cnc(-c2cccnc2)c1. The Bertz CT molecular complexity index is 495. The van der Waals surface area contributed by atoms with Crippen molar-refractivity contribution in [3.63, 3.8) is 0 Å². The van der Waals surface area contributed by atoms with Crippen LogP contribution in [0.25, 0.3) is 11.3 Å². The third-order valence-electron chi connectivity index (χ3n) is 2.15. The van der Waals surface area contributed by atoms with Crippen molar-refractivity contribution >= 4 is 6.09 Å². The Balaban J connectivity index is 2.30. The second kappa shape index (κ2) is 4.01. The maximum absolute atomic E-state index is 10.7. The molecule has 2 aromatic rings. The minimum Gasteiger partial charge on any atom is -0.464 e. The summed E-state index contributed by atoms with van der Waals surface area (Å²) in [5, 5.41) is 9.81. The predicted octanol–water partition coefficient (Wildman–Crippen LogP) is 1.19. The van der Waals surface area contributed by atoms with E-state index in [1.165, 1.54) is 18.1 Å². The van der Waals surface area contributed by atoms with E-state index in [2.05, 4.69) is 9.97 Å². The van der Waals surface area contributed by atoms with Gasteiger partial charge in [0.15, 0.2) is 0 Å². The molecular formula is C10H10N4O2. The van der Waals surface area contributed by atoms with Gasteiger partial charge in [0.2, 0.25) is 0 Å². The summed E-state index contributed by atoms with van der Waals surface area (Å²) in [6, 6.07) is 3.66. The monoisotopic (exact) mass is 218 g/mol. The molecule has 6 nitrogen and oxygen atoms in total. The molecule has 0 fully saturated rings. The number of pyridine rings is 1. The topological polar surface area (TPSA) is 71.2 Å². The maximum Gasteiger partial charge on any atom is 0.426 e. The molecule has 2 heterocycles. The van der Waals surface area contributed by atoms with E-state index in [0.717, 1.165) is 10.6 Å². The van der Waals surface area contributed by atoms with Crippen LogP contribution >= 0.6 is 0 Å². The van der Waals surface area contributed by atoms with Crippen LogP contribution in [0.4, 0.5) is 4.79 Å². The van der Waals surface area contributed by atoms with Gasteiger partial charge in [-0.05, 0) is 12.1 Å². The van der Waals surface area contributed by atoms with Gasteiger partial charge in [-0.25, -0.2) is 19.5 Å². The highest BCUT2D eigenvalue weighted by Gasteiger charge is 2.09. The van der Waals surface area contributed by atoms with Crippen molar-refractivity contribution < 1.29 is 9.90 Å². The first-order chi connectivity index (χ1) is 7.68. The molecule has 0 unspecified atom stereocenters. The van der Waals surface area contributed by atoms with E-state index in [1.807, 2.05) is 6.07 Å². The highest BCUT2D eigenvalue weighted by molar-refractivity contribution is 5.75. The Morgan fingerprint density at radius 2 is 2.38 bits per heavy atom. The molecule has 0 saturated carbocycles. The molecule has 1 N–H and O–H groups in total. The molecule has 0 spiro atoms. The van der Waals surface area contributed by atoms with Gasteiger partial charge < -0.3 is 5.11 Å². The van der Waals surface area contributed by atoms with Gasteiger partial charge in [-0.2, -0.15) is 0 Å². The van der Waals surface area contributed by atoms with Crippen molar-refractivity contribution in [2.24, 2.45) is 0 Å². The molecule has 6 heteroatoms. The third-order valence-corrected chi connectivity index (χ3v) is 2.15. The van der Waals surface area contributed by atoms with Crippen molar-refractivity contribution in [3.05, 3.63) is 37.1 Å². The number of hydrogen-bond acceptors (Lipinski definition) is 3. The molecule has 0 atom stereocenters. The summed E-state index contributed by atoms with van der Waals surface area (Å²) < 4.78 is 1.39. The van der Waals surface area contributed by atoms with E-state index >= 15 is 0 Å². The summed E-state index contributed by atoms with van der Waals surface area (Å²) in [5.74, 6) is 0. The van der Waals surface area contributed by atoms with E-state index in [9.17, 15) is 4.79 Å². The third kappa shape index (κ3) is 1.85. The van der Waals surface area contributed by atoms with Crippen LogP contribution in [0, 0.1) is 0 Å². The van der Waals surface area contributed by atoms with E-state index < -0.39 is 6.09 Å². The highest BCUT2D eigenvalue weighted by atomic mass is 16.4. The Morgan fingerprint density at radius 3 is 3.00 bits per heavy atom. The molecule has 0 aliphatic carbocycles. The lowest BCUT2D eigenvalue weighted by molar-refractivity contribution is 0.197. The van der Waals surface area contributed by atoms with Crippen LogP contribution in [0.5, 0.6) is 0 Å².